The summed E-state index contributed by atoms with van der Waals surface area (Å²) in [5.41, 5.74) is 0.537. The van der Waals surface area contributed by atoms with Gasteiger partial charge >= 0.3 is 0 Å². The standard InChI is InChI=1S/C10H14N2O2/c1-2-3-4-9(13)12-10-8(7-11)5-6-14-10/h2-6H2,1H3,(H,12,13). The van der Waals surface area contributed by atoms with Crippen molar-refractivity contribution in [3.05, 3.63) is 11.5 Å². The molecule has 4 heteroatoms. The normalized spacial score (nSPS) is 14.9. The van der Waals surface area contributed by atoms with E-state index in [9.17, 15) is 4.79 Å². The molecule has 0 fully saturated rings. The van der Waals surface area contributed by atoms with Crippen molar-refractivity contribution < 1.29 is 9.53 Å². The van der Waals surface area contributed by atoms with Gasteiger partial charge in [-0.3, -0.25) is 10.1 Å². The Labute approximate surface area is 83.5 Å². The van der Waals surface area contributed by atoms with Crippen LogP contribution in [0.5, 0.6) is 0 Å². The second-order valence-corrected chi connectivity index (χ2v) is 3.17. The van der Waals surface area contributed by atoms with Gasteiger partial charge in [-0.15, -0.1) is 0 Å². The van der Waals surface area contributed by atoms with Crippen LogP contribution in [0, 0.1) is 11.3 Å². The van der Waals surface area contributed by atoms with Crippen LogP contribution < -0.4 is 5.32 Å². The Morgan fingerprint density at radius 2 is 2.50 bits per heavy atom. The molecule has 1 amide bonds. The first kappa shape index (κ1) is 10.6. The molecule has 1 heterocycles. The van der Waals surface area contributed by atoms with Crippen LogP contribution in [-0.4, -0.2) is 12.5 Å². The molecular formula is C10H14N2O2. The molecule has 0 atom stereocenters. The lowest BCUT2D eigenvalue weighted by Crippen LogP contribution is -2.23. The van der Waals surface area contributed by atoms with E-state index in [4.69, 9.17) is 10.00 Å². The average Bonchev–Trinajstić information content (AvgIpc) is 2.62. The molecule has 0 bridgehead atoms. The average molecular weight is 194 g/mol. The summed E-state index contributed by atoms with van der Waals surface area (Å²) < 4.78 is 5.13. The molecule has 76 valence electrons. The Hall–Kier alpha value is -1.50. The van der Waals surface area contributed by atoms with Crippen molar-refractivity contribution in [2.75, 3.05) is 6.61 Å². The van der Waals surface area contributed by atoms with Crippen molar-refractivity contribution in [2.45, 2.75) is 32.6 Å². The minimum Gasteiger partial charge on any atom is -0.478 e. The fourth-order valence-corrected chi connectivity index (χ4v) is 1.20. The molecule has 0 spiro atoms. The van der Waals surface area contributed by atoms with Gasteiger partial charge in [0.1, 0.15) is 6.07 Å². The summed E-state index contributed by atoms with van der Waals surface area (Å²) in [6.07, 6.45) is 2.93. The second kappa shape index (κ2) is 5.28. The van der Waals surface area contributed by atoms with Gasteiger partial charge in [0.2, 0.25) is 11.8 Å². The van der Waals surface area contributed by atoms with Gasteiger partial charge in [-0.1, -0.05) is 13.3 Å². The molecule has 0 radical (unpaired) electrons. The fourth-order valence-electron chi connectivity index (χ4n) is 1.20. The molecule has 1 rings (SSSR count). The second-order valence-electron chi connectivity index (χ2n) is 3.17. The first-order chi connectivity index (χ1) is 6.77. The van der Waals surface area contributed by atoms with Crippen molar-refractivity contribution in [3.63, 3.8) is 0 Å². The van der Waals surface area contributed by atoms with Crippen LogP contribution in [0.25, 0.3) is 0 Å². The third-order valence-corrected chi connectivity index (χ3v) is 2.02. The molecule has 0 saturated heterocycles. The Bertz CT molecular complexity index is 289. The smallest absolute Gasteiger partial charge is 0.226 e. The molecule has 14 heavy (non-hydrogen) atoms. The van der Waals surface area contributed by atoms with Crippen molar-refractivity contribution in [3.8, 4) is 6.07 Å². The van der Waals surface area contributed by atoms with Crippen molar-refractivity contribution in [2.24, 2.45) is 0 Å². The number of nitrogens with zero attached hydrogens (tertiary/aromatic N) is 1. The number of unbranched alkanes of at least 4 members (excludes halogenated alkanes) is 1. The van der Waals surface area contributed by atoms with Crippen LogP contribution in [0.3, 0.4) is 0 Å². The first-order valence-corrected chi connectivity index (χ1v) is 4.83. The summed E-state index contributed by atoms with van der Waals surface area (Å²) in [5.74, 6) is 0.283. The van der Waals surface area contributed by atoms with E-state index in [0.717, 1.165) is 12.8 Å². The number of hydrogen-bond acceptors (Lipinski definition) is 3. The maximum absolute atomic E-state index is 11.3. The van der Waals surface area contributed by atoms with Crippen molar-refractivity contribution in [1.29, 1.82) is 5.26 Å². The fraction of sp³-hybridized carbons (Fsp3) is 0.600. The van der Waals surface area contributed by atoms with E-state index in [1.807, 2.05) is 13.0 Å². The molecular weight excluding hydrogens is 180 g/mol. The highest BCUT2D eigenvalue weighted by Gasteiger charge is 2.17. The summed E-state index contributed by atoms with van der Waals surface area (Å²) in [5, 5.41) is 11.3. The SMILES string of the molecule is CCCCC(=O)NC1=C(C#N)CCO1. The van der Waals surface area contributed by atoms with E-state index >= 15 is 0 Å². The number of carbonyl (C=O) groups is 1. The van der Waals surface area contributed by atoms with Crippen LogP contribution >= 0.6 is 0 Å². The number of carbonyl (C=O) groups excluding carboxylic acids is 1. The monoisotopic (exact) mass is 194 g/mol. The summed E-state index contributed by atoms with van der Waals surface area (Å²) in [6.45, 7) is 2.52. The third kappa shape index (κ3) is 2.77. The van der Waals surface area contributed by atoms with Gasteiger partial charge in [-0.2, -0.15) is 5.26 Å². The molecule has 1 N–H and O–H groups in total. The Morgan fingerprint density at radius 1 is 1.71 bits per heavy atom. The van der Waals surface area contributed by atoms with Crippen molar-refractivity contribution >= 4 is 5.91 Å². The Kier molecular flexibility index (Phi) is 3.99. The molecule has 0 unspecified atom stereocenters. The minimum atomic E-state index is -0.0727. The van der Waals surface area contributed by atoms with Gasteiger partial charge in [0.05, 0.1) is 12.2 Å². The van der Waals surface area contributed by atoms with Gasteiger partial charge in [-0.25, -0.2) is 0 Å². The van der Waals surface area contributed by atoms with Gasteiger partial charge in [-0.05, 0) is 6.42 Å². The number of nitriles is 1. The van der Waals surface area contributed by atoms with Gasteiger partial charge in [0.25, 0.3) is 0 Å². The summed E-state index contributed by atoms with van der Waals surface area (Å²) in [7, 11) is 0. The van der Waals surface area contributed by atoms with Gasteiger partial charge in [0, 0.05) is 12.8 Å². The zero-order valence-electron chi connectivity index (χ0n) is 8.30. The van der Waals surface area contributed by atoms with E-state index in [-0.39, 0.29) is 5.91 Å². The first-order valence-electron chi connectivity index (χ1n) is 4.83. The minimum absolute atomic E-state index is 0.0727. The van der Waals surface area contributed by atoms with Crippen LogP contribution in [0.1, 0.15) is 32.6 Å². The molecule has 0 aromatic rings. The van der Waals surface area contributed by atoms with Crippen molar-refractivity contribution in [1.82, 2.24) is 5.32 Å². The lowest BCUT2D eigenvalue weighted by molar-refractivity contribution is -0.121. The highest BCUT2D eigenvalue weighted by Crippen LogP contribution is 2.15. The molecule has 1 aliphatic rings. The summed E-state index contributed by atoms with van der Waals surface area (Å²) in [4.78, 5) is 11.3. The van der Waals surface area contributed by atoms with E-state index < -0.39 is 0 Å². The largest absolute Gasteiger partial charge is 0.478 e. The maximum atomic E-state index is 11.3. The topological polar surface area (TPSA) is 62.1 Å². The van der Waals surface area contributed by atoms with Gasteiger partial charge < -0.3 is 4.74 Å². The predicted molar refractivity (Wildman–Crippen MR) is 50.9 cm³/mol. The quantitative estimate of drug-likeness (QED) is 0.736. The summed E-state index contributed by atoms with van der Waals surface area (Å²) >= 11 is 0. The lowest BCUT2D eigenvalue weighted by Gasteiger charge is -2.05. The van der Waals surface area contributed by atoms with E-state index in [0.29, 0.717) is 30.9 Å². The Balaban J connectivity index is 2.44. The molecule has 0 saturated carbocycles. The number of ether oxygens (including phenoxy) is 1. The van der Waals surface area contributed by atoms with Crippen LogP contribution in [0.15, 0.2) is 11.5 Å². The third-order valence-electron chi connectivity index (χ3n) is 2.02. The predicted octanol–water partition coefficient (Wildman–Crippen LogP) is 1.45. The molecule has 0 aromatic carbocycles. The molecule has 0 aromatic heterocycles. The highest BCUT2D eigenvalue weighted by molar-refractivity contribution is 5.77. The zero-order chi connectivity index (χ0) is 10.4. The lowest BCUT2D eigenvalue weighted by atomic mass is 10.2. The summed E-state index contributed by atoms with van der Waals surface area (Å²) in [6, 6.07) is 2.02. The number of hydrogen-bond donors (Lipinski definition) is 1. The van der Waals surface area contributed by atoms with E-state index in [1.165, 1.54) is 0 Å². The van der Waals surface area contributed by atoms with Crippen LogP contribution in [0.4, 0.5) is 0 Å². The number of nitrogens with one attached hydrogen (secondary N) is 1. The zero-order valence-corrected chi connectivity index (χ0v) is 8.30. The number of amides is 1. The molecule has 1 aliphatic heterocycles. The van der Waals surface area contributed by atoms with E-state index in [1.54, 1.807) is 0 Å². The van der Waals surface area contributed by atoms with Gasteiger partial charge in [0.15, 0.2) is 0 Å². The molecule has 0 aliphatic carbocycles. The van der Waals surface area contributed by atoms with E-state index in [2.05, 4.69) is 5.32 Å². The van der Waals surface area contributed by atoms with Crippen LogP contribution in [-0.2, 0) is 9.53 Å². The highest BCUT2D eigenvalue weighted by atomic mass is 16.5. The van der Waals surface area contributed by atoms with Crippen LogP contribution in [0.2, 0.25) is 0 Å². The molecule has 4 nitrogen and oxygen atoms in total. The Morgan fingerprint density at radius 3 is 3.14 bits per heavy atom. The number of rotatable bonds is 4. The maximum Gasteiger partial charge on any atom is 0.226 e.